The lowest BCUT2D eigenvalue weighted by atomic mass is 10.00. The van der Waals surface area contributed by atoms with Crippen molar-refractivity contribution in [2.45, 2.75) is 27.7 Å². The maximum absolute atomic E-state index is 5.66. The average Bonchev–Trinajstić information content (AvgIpc) is 2.05. The molecule has 2 N–H and O–H groups in total. The predicted octanol–water partition coefficient (Wildman–Crippen LogP) is 3.32. The van der Waals surface area contributed by atoms with E-state index < -0.39 is 0 Å². The Kier molecular flexibility index (Phi) is 4.90. The molecule has 0 unspecified atom stereocenters. The van der Waals surface area contributed by atoms with Crippen LogP contribution in [0.25, 0.3) is 0 Å². The fraction of sp³-hybridized carbons (Fsp3) is 0.333. The molecule has 0 bridgehead atoms. The highest BCUT2D eigenvalue weighted by atomic mass is 14.6. The zero-order chi connectivity index (χ0) is 10.4. The van der Waals surface area contributed by atoms with E-state index in [4.69, 9.17) is 5.73 Å². The first kappa shape index (κ1) is 11.8. The van der Waals surface area contributed by atoms with Crippen molar-refractivity contribution in [3.8, 4) is 0 Å². The van der Waals surface area contributed by atoms with Gasteiger partial charge in [0.05, 0.1) is 0 Å². The van der Waals surface area contributed by atoms with E-state index in [1.807, 2.05) is 26.0 Å². The highest BCUT2D eigenvalue weighted by Crippen LogP contribution is 2.18. The predicted molar refractivity (Wildman–Crippen MR) is 60.3 cm³/mol. The van der Waals surface area contributed by atoms with E-state index in [0.29, 0.717) is 5.70 Å². The van der Waals surface area contributed by atoms with Crippen LogP contribution in [0.1, 0.15) is 27.7 Å². The molecule has 0 atom stereocenters. The first-order chi connectivity index (χ1) is 6.04. The monoisotopic (exact) mass is 177 g/mol. The molecule has 0 saturated heterocycles. The van der Waals surface area contributed by atoms with E-state index in [-0.39, 0.29) is 0 Å². The molecule has 0 aliphatic heterocycles. The van der Waals surface area contributed by atoms with Crippen LogP contribution in [-0.4, -0.2) is 0 Å². The van der Waals surface area contributed by atoms with Gasteiger partial charge in [-0.05, 0) is 44.4 Å². The molecule has 0 saturated carbocycles. The van der Waals surface area contributed by atoms with Crippen molar-refractivity contribution >= 4 is 0 Å². The van der Waals surface area contributed by atoms with E-state index in [2.05, 4.69) is 26.5 Å². The van der Waals surface area contributed by atoms with E-state index in [1.165, 1.54) is 11.1 Å². The number of hydrogen-bond donors (Lipinski definition) is 1. The van der Waals surface area contributed by atoms with Crippen LogP contribution < -0.4 is 5.73 Å². The third-order valence-electron chi connectivity index (χ3n) is 2.05. The van der Waals surface area contributed by atoms with E-state index in [0.717, 1.165) is 5.57 Å². The molecule has 0 fully saturated rings. The summed E-state index contributed by atoms with van der Waals surface area (Å²) in [5.41, 5.74) is 9.74. The van der Waals surface area contributed by atoms with Crippen LogP contribution in [0.15, 0.2) is 47.2 Å². The lowest BCUT2D eigenvalue weighted by molar-refractivity contribution is 1.24. The second-order valence-corrected chi connectivity index (χ2v) is 3.04. The SMILES string of the molecule is C=C(N)C(=C/C)/C(C)=C(C)\C=C/C. The van der Waals surface area contributed by atoms with Gasteiger partial charge in [0.1, 0.15) is 0 Å². The van der Waals surface area contributed by atoms with Crippen LogP contribution in [0.4, 0.5) is 0 Å². The Morgan fingerprint density at radius 1 is 1.23 bits per heavy atom. The van der Waals surface area contributed by atoms with Gasteiger partial charge in [0.25, 0.3) is 0 Å². The summed E-state index contributed by atoms with van der Waals surface area (Å²) >= 11 is 0. The van der Waals surface area contributed by atoms with Gasteiger partial charge in [-0.2, -0.15) is 0 Å². The van der Waals surface area contributed by atoms with Crippen molar-refractivity contribution in [1.29, 1.82) is 0 Å². The minimum Gasteiger partial charge on any atom is -0.399 e. The van der Waals surface area contributed by atoms with Gasteiger partial charge in [0.15, 0.2) is 0 Å². The molecule has 1 heteroatoms. The van der Waals surface area contributed by atoms with Gasteiger partial charge in [-0.3, -0.25) is 0 Å². The highest BCUT2D eigenvalue weighted by molar-refractivity contribution is 5.46. The molecule has 0 aromatic rings. The van der Waals surface area contributed by atoms with Crippen molar-refractivity contribution < 1.29 is 0 Å². The van der Waals surface area contributed by atoms with Crippen molar-refractivity contribution in [2.75, 3.05) is 0 Å². The van der Waals surface area contributed by atoms with Crippen LogP contribution in [0.2, 0.25) is 0 Å². The number of hydrogen-bond acceptors (Lipinski definition) is 1. The molecule has 13 heavy (non-hydrogen) atoms. The van der Waals surface area contributed by atoms with Gasteiger partial charge in [-0.15, -0.1) is 0 Å². The summed E-state index contributed by atoms with van der Waals surface area (Å²) in [6.45, 7) is 11.8. The Hall–Kier alpha value is -1.24. The summed E-state index contributed by atoms with van der Waals surface area (Å²) in [4.78, 5) is 0. The van der Waals surface area contributed by atoms with Crippen molar-refractivity contribution in [2.24, 2.45) is 5.73 Å². The van der Waals surface area contributed by atoms with Gasteiger partial charge >= 0.3 is 0 Å². The highest BCUT2D eigenvalue weighted by Gasteiger charge is 2.01. The average molecular weight is 177 g/mol. The van der Waals surface area contributed by atoms with Crippen LogP contribution >= 0.6 is 0 Å². The lowest BCUT2D eigenvalue weighted by Gasteiger charge is -2.08. The molecule has 72 valence electrons. The minimum atomic E-state index is 0.629. The summed E-state index contributed by atoms with van der Waals surface area (Å²) in [6.07, 6.45) is 6.08. The second-order valence-electron chi connectivity index (χ2n) is 3.04. The Morgan fingerprint density at radius 3 is 2.08 bits per heavy atom. The van der Waals surface area contributed by atoms with Gasteiger partial charge in [0.2, 0.25) is 0 Å². The molecule has 1 nitrogen and oxygen atoms in total. The fourth-order valence-corrected chi connectivity index (χ4v) is 1.23. The zero-order valence-electron chi connectivity index (χ0n) is 9.02. The Bertz CT molecular complexity index is 277. The Morgan fingerprint density at radius 2 is 1.77 bits per heavy atom. The van der Waals surface area contributed by atoms with Crippen LogP contribution in [-0.2, 0) is 0 Å². The Labute approximate surface area is 81.3 Å². The third-order valence-corrected chi connectivity index (χ3v) is 2.05. The Balaban J connectivity index is 5.06. The maximum atomic E-state index is 5.66. The molecular weight excluding hydrogens is 158 g/mol. The smallest absolute Gasteiger partial charge is 0.0314 e. The minimum absolute atomic E-state index is 0.629. The third kappa shape index (κ3) is 3.32. The molecule has 0 aromatic carbocycles. The first-order valence-electron chi connectivity index (χ1n) is 4.46. The van der Waals surface area contributed by atoms with E-state index in [1.54, 1.807) is 0 Å². The molecule has 0 radical (unpaired) electrons. The first-order valence-corrected chi connectivity index (χ1v) is 4.46. The summed E-state index contributed by atoms with van der Waals surface area (Å²) in [5, 5.41) is 0. The van der Waals surface area contributed by atoms with Gasteiger partial charge in [0, 0.05) is 5.70 Å². The molecule has 0 amide bonds. The summed E-state index contributed by atoms with van der Waals surface area (Å²) in [6, 6.07) is 0. The summed E-state index contributed by atoms with van der Waals surface area (Å²) in [5.74, 6) is 0. The van der Waals surface area contributed by atoms with Crippen molar-refractivity contribution in [1.82, 2.24) is 0 Å². The van der Waals surface area contributed by atoms with Crippen LogP contribution in [0.3, 0.4) is 0 Å². The molecule has 0 aliphatic carbocycles. The van der Waals surface area contributed by atoms with Crippen molar-refractivity contribution in [3.05, 3.63) is 47.2 Å². The lowest BCUT2D eigenvalue weighted by Crippen LogP contribution is -2.01. The number of allylic oxidation sites excluding steroid dienone is 5. The van der Waals surface area contributed by atoms with Crippen LogP contribution in [0, 0.1) is 0 Å². The molecular formula is C12H19N. The normalized spacial score (nSPS) is 14.6. The largest absolute Gasteiger partial charge is 0.399 e. The van der Waals surface area contributed by atoms with Gasteiger partial charge in [-0.1, -0.05) is 24.8 Å². The maximum Gasteiger partial charge on any atom is 0.0314 e. The molecule has 0 rings (SSSR count). The quantitative estimate of drug-likeness (QED) is 0.657. The van der Waals surface area contributed by atoms with Gasteiger partial charge < -0.3 is 5.73 Å². The summed E-state index contributed by atoms with van der Waals surface area (Å²) < 4.78 is 0. The second kappa shape index (κ2) is 5.41. The molecule has 0 heterocycles. The molecule has 0 aliphatic rings. The zero-order valence-corrected chi connectivity index (χ0v) is 9.02. The number of rotatable bonds is 3. The fourth-order valence-electron chi connectivity index (χ4n) is 1.23. The van der Waals surface area contributed by atoms with Crippen LogP contribution in [0.5, 0.6) is 0 Å². The van der Waals surface area contributed by atoms with E-state index in [9.17, 15) is 0 Å². The van der Waals surface area contributed by atoms with Gasteiger partial charge in [-0.25, -0.2) is 0 Å². The summed E-state index contributed by atoms with van der Waals surface area (Å²) in [7, 11) is 0. The van der Waals surface area contributed by atoms with Crippen molar-refractivity contribution in [3.63, 3.8) is 0 Å². The molecule has 0 aromatic heterocycles. The topological polar surface area (TPSA) is 26.0 Å². The van der Waals surface area contributed by atoms with E-state index >= 15 is 0 Å². The standard InChI is InChI=1S/C12H19N/c1-6-8-9(3)10(4)12(7-2)11(5)13/h6-8H,5,13H2,1-4H3/b8-6-,10-9-,12-7+. The number of nitrogens with two attached hydrogens (primary N) is 1. The molecule has 0 spiro atoms.